The molecule has 0 atom stereocenters. The molecular weight excluding hydrogens is 136 g/mol. The van der Waals surface area contributed by atoms with E-state index in [0.717, 1.165) is 19.5 Å². The molecule has 2 rings (SSSR count). The van der Waals surface area contributed by atoms with Crippen LogP contribution in [-0.2, 0) is 13.0 Å². The van der Waals surface area contributed by atoms with Crippen molar-refractivity contribution in [2.45, 2.75) is 19.9 Å². The zero-order valence-electron chi connectivity index (χ0n) is 6.72. The average molecular weight is 148 g/mol. The van der Waals surface area contributed by atoms with Gasteiger partial charge in [0.2, 0.25) is 0 Å². The van der Waals surface area contributed by atoms with E-state index in [4.69, 9.17) is 0 Å². The fraction of sp³-hybridized carbons (Fsp3) is 0.444. The van der Waals surface area contributed by atoms with E-state index < -0.39 is 0 Å². The first-order valence-corrected chi connectivity index (χ1v) is 4.01. The van der Waals surface area contributed by atoms with E-state index in [-0.39, 0.29) is 0 Å². The molecule has 0 saturated heterocycles. The van der Waals surface area contributed by atoms with E-state index in [1.54, 1.807) is 0 Å². The van der Waals surface area contributed by atoms with Crippen LogP contribution in [0.2, 0.25) is 0 Å². The largest absolute Gasteiger partial charge is 0.311 e. The number of nitrogens with one attached hydrogen (secondary N) is 1. The molecule has 1 aliphatic heterocycles. The molecule has 0 amide bonds. The van der Waals surface area contributed by atoms with Gasteiger partial charge in [0.05, 0.1) is 5.69 Å². The van der Waals surface area contributed by atoms with E-state index in [9.17, 15) is 0 Å². The van der Waals surface area contributed by atoms with E-state index in [1.165, 1.54) is 16.8 Å². The van der Waals surface area contributed by atoms with Gasteiger partial charge in [-0.05, 0) is 31.0 Å². The van der Waals surface area contributed by atoms with Crippen LogP contribution in [0.15, 0.2) is 12.3 Å². The predicted molar refractivity (Wildman–Crippen MR) is 44.4 cm³/mol. The second kappa shape index (κ2) is 2.62. The summed E-state index contributed by atoms with van der Waals surface area (Å²) in [5.41, 5.74) is 3.91. The van der Waals surface area contributed by atoms with Crippen molar-refractivity contribution in [1.29, 1.82) is 0 Å². The van der Waals surface area contributed by atoms with Gasteiger partial charge in [-0.25, -0.2) is 0 Å². The topological polar surface area (TPSA) is 24.9 Å². The smallest absolute Gasteiger partial charge is 0.0574 e. The number of aryl methyl sites for hydroxylation is 1. The molecule has 2 heteroatoms. The van der Waals surface area contributed by atoms with Crippen molar-refractivity contribution in [3.05, 3.63) is 29.1 Å². The number of hydrogen-bond acceptors (Lipinski definition) is 2. The van der Waals surface area contributed by atoms with Crippen molar-refractivity contribution in [2.75, 3.05) is 6.54 Å². The standard InChI is InChI=1S/C9H12N2/c1-7-4-8-2-3-10-6-9(8)11-5-7/h4-5,10H,2-3,6H2,1H3. The lowest BCUT2D eigenvalue weighted by Crippen LogP contribution is -2.24. The van der Waals surface area contributed by atoms with Gasteiger partial charge in [-0.1, -0.05) is 6.07 Å². The quantitative estimate of drug-likeness (QED) is 0.594. The van der Waals surface area contributed by atoms with Crippen LogP contribution in [0.1, 0.15) is 16.8 Å². The number of pyridine rings is 1. The Balaban J connectivity index is 2.43. The SMILES string of the molecule is Cc1cnc2c(c1)CCNC2. The van der Waals surface area contributed by atoms with Gasteiger partial charge in [0.25, 0.3) is 0 Å². The van der Waals surface area contributed by atoms with Crippen LogP contribution >= 0.6 is 0 Å². The number of aromatic nitrogens is 1. The predicted octanol–water partition coefficient (Wildman–Crippen LogP) is 1.04. The molecule has 58 valence electrons. The highest BCUT2D eigenvalue weighted by atomic mass is 14.9. The summed E-state index contributed by atoms with van der Waals surface area (Å²) in [7, 11) is 0. The third kappa shape index (κ3) is 1.26. The van der Waals surface area contributed by atoms with Crippen LogP contribution in [0.4, 0.5) is 0 Å². The van der Waals surface area contributed by atoms with E-state index in [2.05, 4.69) is 23.3 Å². The molecule has 2 heterocycles. The summed E-state index contributed by atoms with van der Waals surface area (Å²) in [5.74, 6) is 0. The zero-order chi connectivity index (χ0) is 7.68. The highest BCUT2D eigenvalue weighted by Gasteiger charge is 2.08. The molecule has 0 bridgehead atoms. The molecule has 0 spiro atoms. The van der Waals surface area contributed by atoms with Gasteiger partial charge < -0.3 is 5.32 Å². The molecule has 11 heavy (non-hydrogen) atoms. The first kappa shape index (κ1) is 6.80. The van der Waals surface area contributed by atoms with Gasteiger partial charge in [0, 0.05) is 12.7 Å². The Labute approximate surface area is 66.7 Å². The molecular formula is C9H12N2. The first-order chi connectivity index (χ1) is 5.36. The molecule has 1 aromatic heterocycles. The minimum atomic E-state index is 0.940. The highest BCUT2D eigenvalue weighted by molar-refractivity contribution is 5.26. The molecule has 0 aromatic carbocycles. The Kier molecular flexibility index (Phi) is 1.62. The van der Waals surface area contributed by atoms with Crippen LogP contribution < -0.4 is 5.32 Å². The van der Waals surface area contributed by atoms with Gasteiger partial charge in [-0.15, -0.1) is 0 Å². The maximum atomic E-state index is 4.36. The summed E-state index contributed by atoms with van der Waals surface area (Å²) >= 11 is 0. The van der Waals surface area contributed by atoms with Crippen molar-refractivity contribution in [1.82, 2.24) is 10.3 Å². The average Bonchev–Trinajstić information content (AvgIpc) is 2.04. The van der Waals surface area contributed by atoms with Crippen LogP contribution in [0.5, 0.6) is 0 Å². The number of fused-ring (bicyclic) bond motifs is 1. The summed E-state index contributed by atoms with van der Waals surface area (Å²) in [6, 6.07) is 2.24. The lowest BCUT2D eigenvalue weighted by molar-refractivity contribution is 0.626. The third-order valence-corrected chi connectivity index (χ3v) is 2.06. The van der Waals surface area contributed by atoms with Crippen molar-refractivity contribution < 1.29 is 0 Å². The Morgan fingerprint density at radius 3 is 3.36 bits per heavy atom. The van der Waals surface area contributed by atoms with Gasteiger partial charge in [-0.3, -0.25) is 4.98 Å². The normalized spacial score (nSPS) is 16.1. The minimum absolute atomic E-state index is 0.940. The first-order valence-electron chi connectivity index (χ1n) is 4.01. The summed E-state index contributed by atoms with van der Waals surface area (Å²) in [6.45, 7) is 4.13. The maximum Gasteiger partial charge on any atom is 0.0574 e. The van der Waals surface area contributed by atoms with E-state index >= 15 is 0 Å². The number of rotatable bonds is 0. The molecule has 0 saturated carbocycles. The van der Waals surface area contributed by atoms with Gasteiger partial charge in [0.1, 0.15) is 0 Å². The molecule has 1 aromatic rings. The van der Waals surface area contributed by atoms with Crippen molar-refractivity contribution in [3.8, 4) is 0 Å². The van der Waals surface area contributed by atoms with Crippen molar-refractivity contribution in [3.63, 3.8) is 0 Å². The van der Waals surface area contributed by atoms with E-state index in [1.807, 2.05) is 6.20 Å². The van der Waals surface area contributed by atoms with Crippen LogP contribution in [-0.4, -0.2) is 11.5 Å². The Morgan fingerprint density at radius 2 is 2.45 bits per heavy atom. The van der Waals surface area contributed by atoms with Crippen LogP contribution in [0.25, 0.3) is 0 Å². The molecule has 0 fully saturated rings. The van der Waals surface area contributed by atoms with Gasteiger partial charge in [-0.2, -0.15) is 0 Å². The van der Waals surface area contributed by atoms with Crippen molar-refractivity contribution in [2.24, 2.45) is 0 Å². The molecule has 0 radical (unpaired) electrons. The lowest BCUT2D eigenvalue weighted by Gasteiger charge is -2.15. The Morgan fingerprint density at radius 1 is 1.55 bits per heavy atom. The van der Waals surface area contributed by atoms with Gasteiger partial charge in [0.15, 0.2) is 0 Å². The van der Waals surface area contributed by atoms with E-state index in [0.29, 0.717) is 0 Å². The monoisotopic (exact) mass is 148 g/mol. The molecule has 0 aliphatic carbocycles. The maximum absolute atomic E-state index is 4.36. The summed E-state index contributed by atoms with van der Waals surface area (Å²) < 4.78 is 0. The second-order valence-electron chi connectivity index (χ2n) is 3.05. The fourth-order valence-corrected chi connectivity index (χ4v) is 1.46. The van der Waals surface area contributed by atoms with Crippen LogP contribution in [0, 0.1) is 6.92 Å². The zero-order valence-corrected chi connectivity index (χ0v) is 6.72. The molecule has 2 nitrogen and oxygen atoms in total. The lowest BCUT2D eigenvalue weighted by atomic mass is 10.1. The van der Waals surface area contributed by atoms with Gasteiger partial charge >= 0.3 is 0 Å². The number of nitrogens with zero attached hydrogens (tertiary/aromatic N) is 1. The summed E-state index contributed by atoms with van der Waals surface area (Å²) in [4.78, 5) is 4.36. The molecule has 1 aliphatic rings. The Hall–Kier alpha value is -0.890. The van der Waals surface area contributed by atoms with Crippen molar-refractivity contribution >= 4 is 0 Å². The third-order valence-electron chi connectivity index (χ3n) is 2.06. The summed E-state index contributed by atoms with van der Waals surface area (Å²) in [5, 5.41) is 3.30. The molecule has 0 unspecified atom stereocenters. The summed E-state index contributed by atoms with van der Waals surface area (Å²) in [6.07, 6.45) is 3.07. The second-order valence-corrected chi connectivity index (χ2v) is 3.05. The highest BCUT2D eigenvalue weighted by Crippen LogP contribution is 2.11. The number of hydrogen-bond donors (Lipinski definition) is 1. The minimum Gasteiger partial charge on any atom is -0.311 e. The molecule has 1 N–H and O–H groups in total. The fourth-order valence-electron chi connectivity index (χ4n) is 1.46. The Bertz CT molecular complexity index is 268. The van der Waals surface area contributed by atoms with Crippen LogP contribution in [0.3, 0.4) is 0 Å².